The second-order valence-electron chi connectivity index (χ2n) is 10.2. The highest BCUT2D eigenvalue weighted by Crippen LogP contribution is 2.19. The van der Waals surface area contributed by atoms with Crippen molar-refractivity contribution in [2.24, 2.45) is 0 Å². The first kappa shape index (κ1) is 30.9. The Labute approximate surface area is 238 Å². The van der Waals surface area contributed by atoms with E-state index in [2.05, 4.69) is 66.8 Å². The summed E-state index contributed by atoms with van der Waals surface area (Å²) < 4.78 is 9.71. The molecule has 0 atom stereocenters. The summed E-state index contributed by atoms with van der Waals surface area (Å²) in [4.78, 5) is 44.7. The van der Waals surface area contributed by atoms with Gasteiger partial charge < -0.3 is 36.0 Å². The van der Waals surface area contributed by atoms with Crippen molar-refractivity contribution in [2.75, 3.05) is 12.3 Å². The van der Waals surface area contributed by atoms with Gasteiger partial charge in [-0.2, -0.15) is 0 Å². The van der Waals surface area contributed by atoms with Crippen molar-refractivity contribution >= 4 is 46.5 Å². The summed E-state index contributed by atoms with van der Waals surface area (Å²) in [5.41, 5.74) is 10.1. The third-order valence-electron chi connectivity index (χ3n) is 6.22. The highest BCUT2D eigenvalue weighted by atomic mass is 16.6. The lowest BCUT2D eigenvalue weighted by molar-refractivity contribution is -0.676. The summed E-state index contributed by atoms with van der Waals surface area (Å²) in [7, 11) is 0. The van der Waals surface area contributed by atoms with Crippen molar-refractivity contribution in [2.45, 2.75) is 72.7 Å². The fourth-order valence-electron chi connectivity index (χ4n) is 4.58. The molecule has 3 aromatic heterocycles. The van der Waals surface area contributed by atoms with Crippen molar-refractivity contribution < 1.29 is 28.8 Å². The van der Waals surface area contributed by atoms with E-state index in [0.29, 0.717) is 24.3 Å². The molecule has 13 heteroatoms. The number of nitrogens with two attached hydrogens (primary N) is 1. The molecule has 0 aliphatic carbocycles. The van der Waals surface area contributed by atoms with Crippen LogP contribution in [0.2, 0.25) is 0 Å². The minimum atomic E-state index is -0.511. The van der Waals surface area contributed by atoms with E-state index < -0.39 is 18.2 Å². The third-order valence-corrected chi connectivity index (χ3v) is 6.22. The fraction of sp³-hybridized carbons (Fsp3) is 0.429. The quantitative estimate of drug-likeness (QED) is 0.134. The summed E-state index contributed by atoms with van der Waals surface area (Å²) in [6, 6.07) is 8.18. The van der Waals surface area contributed by atoms with Crippen LogP contribution >= 0.6 is 0 Å². The molecule has 4 rings (SSSR count). The number of carbonyl (C=O) groups is 3. The van der Waals surface area contributed by atoms with E-state index in [4.69, 9.17) is 20.4 Å². The zero-order valence-corrected chi connectivity index (χ0v) is 24.1. The lowest BCUT2D eigenvalue weighted by Crippen LogP contribution is -2.40. The van der Waals surface area contributed by atoms with Crippen molar-refractivity contribution in [1.82, 2.24) is 30.2 Å². The number of alkyl carbamates (subject to hydrolysis) is 1. The molecular formula is C28H38N8O5. The zero-order valence-electron chi connectivity index (χ0n) is 24.1. The van der Waals surface area contributed by atoms with Crippen LogP contribution in [0.1, 0.15) is 62.9 Å². The SMILES string of the molecule is CCn1c(CNC(=O)c2nc3cc[nH]c3nc2N)[n+](CC)c2ccc(CCCNC(=O)OC(C)(C)C)cc21.O=C[O-]. The Balaban J connectivity index is 0.00000147. The summed E-state index contributed by atoms with van der Waals surface area (Å²) in [6.07, 6.45) is 2.92. The molecule has 220 valence electrons. The average Bonchev–Trinajstić information content (AvgIpc) is 3.49. The monoisotopic (exact) mass is 566 g/mol. The van der Waals surface area contributed by atoms with Gasteiger partial charge in [-0.3, -0.25) is 4.79 Å². The first-order chi connectivity index (χ1) is 19.5. The number of amides is 2. The number of nitrogens with one attached hydrogen (secondary N) is 3. The van der Waals surface area contributed by atoms with E-state index in [-0.39, 0.29) is 17.4 Å². The topological polar surface area (TPSA) is 184 Å². The number of carbonyl (C=O) groups excluding carboxylic acids is 3. The molecule has 0 radical (unpaired) electrons. The van der Waals surface area contributed by atoms with E-state index >= 15 is 0 Å². The molecule has 0 spiro atoms. The van der Waals surface area contributed by atoms with Crippen molar-refractivity contribution in [1.29, 1.82) is 0 Å². The standard InChI is InChI=1S/C27H36N8O3.CH2O2/c1-6-34-19-11-10-17(9-8-13-30-26(37)38-27(3,4)5)15-20(19)35(7-2)21(34)16-31-25(36)22-23(28)33-24-18(32-22)12-14-29-24;2-1-3/h10-12,14-15H,6-9,13,16H2,1-5H3,(H4-,28,29,30,31,32,33,36,37);1H,(H,2,3). The largest absolute Gasteiger partial charge is 0.554 e. The van der Waals surface area contributed by atoms with E-state index in [1.807, 2.05) is 20.8 Å². The van der Waals surface area contributed by atoms with Gasteiger partial charge in [0.25, 0.3) is 11.7 Å². The van der Waals surface area contributed by atoms with Gasteiger partial charge in [-0.1, -0.05) is 6.07 Å². The minimum Gasteiger partial charge on any atom is -0.554 e. The number of aromatic amines is 1. The van der Waals surface area contributed by atoms with Gasteiger partial charge >= 0.3 is 6.09 Å². The molecule has 0 saturated carbocycles. The van der Waals surface area contributed by atoms with Gasteiger partial charge in [-0.05, 0) is 71.2 Å². The first-order valence-corrected chi connectivity index (χ1v) is 13.5. The molecule has 1 aromatic carbocycles. The Kier molecular flexibility index (Phi) is 10.2. The Hall–Kier alpha value is -4.68. The average molecular weight is 567 g/mol. The second-order valence-corrected chi connectivity index (χ2v) is 10.2. The van der Waals surface area contributed by atoms with Gasteiger partial charge in [0.1, 0.15) is 17.7 Å². The number of nitrogens with zero attached hydrogens (tertiary/aromatic N) is 4. The van der Waals surface area contributed by atoms with Crippen LogP contribution in [-0.4, -0.2) is 50.1 Å². The molecule has 4 aromatic rings. The number of nitrogen functional groups attached to an aromatic ring is 1. The van der Waals surface area contributed by atoms with Crippen LogP contribution in [0.15, 0.2) is 30.5 Å². The van der Waals surface area contributed by atoms with Crippen molar-refractivity contribution in [3.05, 3.63) is 47.5 Å². The van der Waals surface area contributed by atoms with Crippen LogP contribution in [0.3, 0.4) is 0 Å². The molecule has 41 heavy (non-hydrogen) atoms. The number of imidazole rings is 1. The molecule has 0 aliphatic rings. The smallest absolute Gasteiger partial charge is 0.407 e. The number of ether oxygens (including phenoxy) is 1. The normalized spacial score (nSPS) is 11.1. The molecule has 0 bridgehead atoms. The van der Waals surface area contributed by atoms with Crippen LogP contribution < -0.4 is 26.0 Å². The number of H-pyrrole nitrogens is 1. The molecule has 3 heterocycles. The van der Waals surface area contributed by atoms with Crippen molar-refractivity contribution in [3.63, 3.8) is 0 Å². The van der Waals surface area contributed by atoms with Crippen LogP contribution in [0.4, 0.5) is 10.6 Å². The first-order valence-electron chi connectivity index (χ1n) is 13.5. The fourth-order valence-corrected chi connectivity index (χ4v) is 4.58. The Morgan fingerprint density at radius 2 is 1.93 bits per heavy atom. The Morgan fingerprint density at radius 1 is 1.20 bits per heavy atom. The maximum Gasteiger partial charge on any atom is 0.407 e. The van der Waals surface area contributed by atoms with E-state index in [1.54, 1.807) is 12.3 Å². The van der Waals surface area contributed by atoms with E-state index in [0.717, 1.165) is 42.8 Å². The van der Waals surface area contributed by atoms with Gasteiger partial charge in [0.05, 0.1) is 13.1 Å². The van der Waals surface area contributed by atoms with Crippen LogP contribution in [0, 0.1) is 0 Å². The Bertz CT molecular complexity index is 1520. The number of aromatic nitrogens is 5. The van der Waals surface area contributed by atoms with Gasteiger partial charge in [0.2, 0.25) is 0 Å². The maximum absolute atomic E-state index is 13.0. The van der Waals surface area contributed by atoms with E-state index in [9.17, 15) is 9.59 Å². The highest BCUT2D eigenvalue weighted by molar-refractivity contribution is 5.98. The molecule has 0 fully saturated rings. The molecule has 0 aliphatic heterocycles. The molecule has 0 saturated heterocycles. The lowest BCUT2D eigenvalue weighted by Gasteiger charge is -2.19. The summed E-state index contributed by atoms with van der Waals surface area (Å²) in [5.74, 6) is 0.700. The highest BCUT2D eigenvalue weighted by Gasteiger charge is 2.25. The maximum atomic E-state index is 13.0. The van der Waals surface area contributed by atoms with Gasteiger partial charge in [-0.25, -0.2) is 23.9 Å². The third kappa shape index (κ3) is 7.71. The minimum absolute atomic E-state index is 0.0858. The molecule has 13 nitrogen and oxygen atoms in total. The van der Waals surface area contributed by atoms with Gasteiger partial charge in [0, 0.05) is 19.2 Å². The van der Waals surface area contributed by atoms with Gasteiger partial charge in [0.15, 0.2) is 28.2 Å². The van der Waals surface area contributed by atoms with Gasteiger partial charge in [-0.15, -0.1) is 0 Å². The number of fused-ring (bicyclic) bond motifs is 2. The van der Waals surface area contributed by atoms with E-state index in [1.165, 1.54) is 5.56 Å². The zero-order chi connectivity index (χ0) is 30.2. The van der Waals surface area contributed by atoms with Crippen LogP contribution in [0.5, 0.6) is 0 Å². The number of anilines is 1. The summed E-state index contributed by atoms with van der Waals surface area (Å²) in [6.45, 7) is 11.6. The number of aryl methyl sites for hydroxylation is 3. The molecular weight excluding hydrogens is 528 g/mol. The summed E-state index contributed by atoms with van der Waals surface area (Å²) >= 11 is 0. The van der Waals surface area contributed by atoms with Crippen molar-refractivity contribution in [3.8, 4) is 0 Å². The Morgan fingerprint density at radius 3 is 2.59 bits per heavy atom. The number of hydrogen-bond acceptors (Lipinski definition) is 8. The second kappa shape index (κ2) is 13.6. The van der Waals surface area contributed by atoms with Crippen LogP contribution in [-0.2, 0) is 35.6 Å². The summed E-state index contributed by atoms with van der Waals surface area (Å²) in [5, 5.41) is 14.0. The molecule has 5 N–H and O–H groups in total. The predicted molar refractivity (Wildman–Crippen MR) is 152 cm³/mol. The number of benzene rings is 1. The predicted octanol–water partition coefficient (Wildman–Crippen LogP) is 1.58. The number of carboxylic acid groups (broad SMARTS) is 1. The number of hydrogen-bond donors (Lipinski definition) is 4. The van der Waals surface area contributed by atoms with Crippen LogP contribution in [0.25, 0.3) is 22.2 Å². The molecule has 2 amide bonds. The lowest BCUT2D eigenvalue weighted by atomic mass is 10.1. The molecule has 0 unspecified atom stereocenters. The number of rotatable bonds is 9.